The summed E-state index contributed by atoms with van der Waals surface area (Å²) >= 11 is 0. The van der Waals surface area contributed by atoms with E-state index in [-0.39, 0.29) is 17.9 Å². The molecule has 1 aromatic heterocycles. The lowest BCUT2D eigenvalue weighted by Crippen LogP contribution is -2.37. The summed E-state index contributed by atoms with van der Waals surface area (Å²) in [6.07, 6.45) is 2.20. The topological polar surface area (TPSA) is 65.2 Å². The van der Waals surface area contributed by atoms with Crippen LogP contribution in [0.3, 0.4) is 0 Å². The van der Waals surface area contributed by atoms with Gasteiger partial charge in [-0.05, 0) is 29.1 Å². The highest BCUT2D eigenvalue weighted by Crippen LogP contribution is 2.17. The number of carbonyl (C=O) groups is 2. The van der Waals surface area contributed by atoms with Crippen molar-refractivity contribution in [1.82, 2.24) is 15.2 Å². The van der Waals surface area contributed by atoms with E-state index in [1.54, 1.807) is 4.90 Å². The number of fused-ring (bicyclic) bond motifs is 1. The van der Waals surface area contributed by atoms with Crippen LogP contribution >= 0.6 is 0 Å². The second kappa shape index (κ2) is 6.43. The summed E-state index contributed by atoms with van der Waals surface area (Å²) < 4.78 is 0. The number of aromatic amines is 1. The molecule has 1 atom stereocenters. The van der Waals surface area contributed by atoms with Crippen LogP contribution in [-0.4, -0.2) is 34.3 Å². The molecule has 4 rings (SSSR count). The molecule has 0 aliphatic carbocycles. The largest absolute Gasteiger partial charge is 0.361 e. The van der Waals surface area contributed by atoms with E-state index in [1.807, 2.05) is 60.8 Å². The second-order valence-corrected chi connectivity index (χ2v) is 6.41. The number of rotatable bonds is 4. The maximum atomic E-state index is 12.5. The van der Waals surface area contributed by atoms with Gasteiger partial charge in [-0.3, -0.25) is 9.59 Å². The van der Waals surface area contributed by atoms with E-state index >= 15 is 0 Å². The zero-order chi connectivity index (χ0) is 17.2. The van der Waals surface area contributed by atoms with Gasteiger partial charge in [0.2, 0.25) is 5.91 Å². The number of benzene rings is 2. The van der Waals surface area contributed by atoms with Gasteiger partial charge in [-0.2, -0.15) is 0 Å². The van der Waals surface area contributed by atoms with Crippen molar-refractivity contribution >= 4 is 22.7 Å². The molecule has 1 saturated heterocycles. The Morgan fingerprint density at radius 2 is 2.00 bits per heavy atom. The average Bonchev–Trinajstić information content (AvgIpc) is 3.22. The van der Waals surface area contributed by atoms with Crippen molar-refractivity contribution in [2.75, 3.05) is 6.54 Å². The van der Waals surface area contributed by atoms with Crippen LogP contribution in [0.4, 0.5) is 0 Å². The van der Waals surface area contributed by atoms with Gasteiger partial charge < -0.3 is 15.2 Å². The first-order chi connectivity index (χ1) is 12.2. The van der Waals surface area contributed by atoms with Gasteiger partial charge >= 0.3 is 0 Å². The lowest BCUT2D eigenvalue weighted by Gasteiger charge is -2.17. The Hall–Kier alpha value is -3.08. The van der Waals surface area contributed by atoms with E-state index < -0.39 is 0 Å². The summed E-state index contributed by atoms with van der Waals surface area (Å²) in [5, 5.41) is 4.05. The van der Waals surface area contributed by atoms with Gasteiger partial charge in [0, 0.05) is 36.8 Å². The fourth-order valence-electron chi connectivity index (χ4n) is 3.28. The SMILES string of the molecule is O=C(N[C@H]1CC(=O)N(Cc2ccccc2)C1)c1ccc2cc[nH]c2c1. The van der Waals surface area contributed by atoms with E-state index in [4.69, 9.17) is 0 Å². The third kappa shape index (κ3) is 3.26. The van der Waals surface area contributed by atoms with Crippen LogP contribution in [0, 0.1) is 0 Å². The summed E-state index contributed by atoms with van der Waals surface area (Å²) in [5.74, 6) is -0.0650. The summed E-state index contributed by atoms with van der Waals surface area (Å²) in [4.78, 5) is 29.6. The molecular formula is C20H19N3O2. The summed E-state index contributed by atoms with van der Waals surface area (Å²) in [6.45, 7) is 1.13. The molecule has 126 valence electrons. The first-order valence-electron chi connectivity index (χ1n) is 8.39. The van der Waals surface area contributed by atoms with Crippen molar-refractivity contribution < 1.29 is 9.59 Å². The minimum Gasteiger partial charge on any atom is -0.361 e. The molecule has 1 aliphatic heterocycles. The first-order valence-corrected chi connectivity index (χ1v) is 8.39. The molecule has 0 radical (unpaired) electrons. The number of hydrogen-bond donors (Lipinski definition) is 2. The van der Waals surface area contributed by atoms with Crippen molar-refractivity contribution in [3.8, 4) is 0 Å². The van der Waals surface area contributed by atoms with Crippen molar-refractivity contribution in [3.05, 3.63) is 71.9 Å². The number of carbonyl (C=O) groups excluding carboxylic acids is 2. The van der Waals surface area contributed by atoms with Crippen molar-refractivity contribution in [1.29, 1.82) is 0 Å². The van der Waals surface area contributed by atoms with Gasteiger partial charge in [0.05, 0.1) is 6.04 Å². The Morgan fingerprint density at radius 3 is 2.84 bits per heavy atom. The van der Waals surface area contributed by atoms with Crippen molar-refractivity contribution in [3.63, 3.8) is 0 Å². The molecule has 1 aliphatic rings. The van der Waals surface area contributed by atoms with E-state index in [1.165, 1.54) is 0 Å². The van der Waals surface area contributed by atoms with Crippen LogP contribution in [-0.2, 0) is 11.3 Å². The van der Waals surface area contributed by atoms with Gasteiger partial charge in [0.15, 0.2) is 0 Å². The Balaban J connectivity index is 1.41. The summed E-state index contributed by atoms with van der Waals surface area (Å²) in [6, 6.07) is 17.3. The van der Waals surface area contributed by atoms with E-state index in [0.29, 0.717) is 25.1 Å². The van der Waals surface area contributed by atoms with Crippen LogP contribution in [0.1, 0.15) is 22.3 Å². The third-order valence-corrected chi connectivity index (χ3v) is 4.58. The van der Waals surface area contributed by atoms with Crippen molar-refractivity contribution in [2.24, 2.45) is 0 Å². The van der Waals surface area contributed by atoms with Crippen LogP contribution < -0.4 is 5.32 Å². The Labute approximate surface area is 145 Å². The molecular weight excluding hydrogens is 314 g/mol. The highest BCUT2D eigenvalue weighted by Gasteiger charge is 2.30. The Bertz CT molecular complexity index is 917. The smallest absolute Gasteiger partial charge is 0.251 e. The van der Waals surface area contributed by atoms with Crippen LogP contribution in [0.15, 0.2) is 60.8 Å². The first kappa shape index (κ1) is 15.4. The molecule has 5 nitrogen and oxygen atoms in total. The molecule has 25 heavy (non-hydrogen) atoms. The molecule has 0 saturated carbocycles. The van der Waals surface area contributed by atoms with Gasteiger partial charge in [-0.25, -0.2) is 0 Å². The maximum Gasteiger partial charge on any atom is 0.251 e. The van der Waals surface area contributed by atoms with Crippen LogP contribution in [0.25, 0.3) is 10.9 Å². The molecule has 2 aromatic carbocycles. The number of hydrogen-bond acceptors (Lipinski definition) is 2. The van der Waals surface area contributed by atoms with Gasteiger partial charge in [0.1, 0.15) is 0 Å². The zero-order valence-electron chi connectivity index (χ0n) is 13.7. The monoisotopic (exact) mass is 333 g/mol. The van der Waals surface area contributed by atoms with Crippen LogP contribution in [0.5, 0.6) is 0 Å². The molecule has 2 N–H and O–H groups in total. The van der Waals surface area contributed by atoms with Gasteiger partial charge in [0.25, 0.3) is 5.91 Å². The highest BCUT2D eigenvalue weighted by atomic mass is 16.2. The summed E-state index contributed by atoms with van der Waals surface area (Å²) in [7, 11) is 0. The lowest BCUT2D eigenvalue weighted by atomic mass is 10.1. The minimum absolute atomic E-state index is 0.0778. The molecule has 2 amide bonds. The second-order valence-electron chi connectivity index (χ2n) is 6.41. The fourth-order valence-corrected chi connectivity index (χ4v) is 3.28. The minimum atomic E-state index is -0.150. The van der Waals surface area contributed by atoms with E-state index in [0.717, 1.165) is 16.5 Å². The Kier molecular flexibility index (Phi) is 3.98. The molecule has 1 fully saturated rings. The number of nitrogens with one attached hydrogen (secondary N) is 2. The highest BCUT2D eigenvalue weighted by molar-refractivity contribution is 5.98. The predicted octanol–water partition coefficient (Wildman–Crippen LogP) is 2.70. The number of amides is 2. The quantitative estimate of drug-likeness (QED) is 0.771. The number of aromatic nitrogens is 1. The Morgan fingerprint density at radius 1 is 1.16 bits per heavy atom. The van der Waals surface area contributed by atoms with Gasteiger partial charge in [-0.15, -0.1) is 0 Å². The third-order valence-electron chi connectivity index (χ3n) is 4.58. The number of nitrogens with zero attached hydrogens (tertiary/aromatic N) is 1. The number of likely N-dealkylation sites (tertiary alicyclic amines) is 1. The molecule has 3 aromatic rings. The normalized spacial score (nSPS) is 17.2. The number of H-pyrrole nitrogens is 1. The molecule has 2 heterocycles. The van der Waals surface area contributed by atoms with Crippen molar-refractivity contribution in [2.45, 2.75) is 19.0 Å². The average molecular weight is 333 g/mol. The molecule has 0 unspecified atom stereocenters. The van der Waals surface area contributed by atoms with E-state index in [2.05, 4.69) is 10.3 Å². The maximum absolute atomic E-state index is 12.5. The molecule has 0 bridgehead atoms. The molecule has 0 spiro atoms. The fraction of sp³-hybridized carbons (Fsp3) is 0.200. The standard InChI is InChI=1S/C20H19N3O2/c24-19-11-17(13-23(19)12-14-4-2-1-3-5-14)22-20(25)16-7-6-15-8-9-21-18(15)10-16/h1-10,17,21H,11-13H2,(H,22,25)/t17-/m0/s1. The predicted molar refractivity (Wildman–Crippen MR) is 96.0 cm³/mol. The summed E-state index contributed by atoms with van der Waals surface area (Å²) in [5.41, 5.74) is 2.63. The lowest BCUT2D eigenvalue weighted by molar-refractivity contribution is -0.128. The van der Waals surface area contributed by atoms with Gasteiger partial charge in [-0.1, -0.05) is 36.4 Å². The van der Waals surface area contributed by atoms with Crippen LogP contribution in [0.2, 0.25) is 0 Å². The van der Waals surface area contributed by atoms with E-state index in [9.17, 15) is 9.59 Å². The molecule has 5 heteroatoms. The zero-order valence-corrected chi connectivity index (χ0v) is 13.7.